The minimum atomic E-state index is -0.157. The predicted molar refractivity (Wildman–Crippen MR) is 69.0 cm³/mol. The molecule has 2 aliphatic rings. The Kier molecular flexibility index (Phi) is 4.58. The maximum Gasteiger partial charge on any atom is 0.225 e. The quantitative estimate of drug-likeness (QED) is 0.739. The van der Waals surface area contributed by atoms with Crippen molar-refractivity contribution in [3.05, 3.63) is 0 Å². The summed E-state index contributed by atoms with van der Waals surface area (Å²) in [6.45, 7) is 3.58. The first-order valence-corrected chi connectivity index (χ1v) is 6.88. The van der Waals surface area contributed by atoms with Crippen LogP contribution >= 0.6 is 0 Å². The van der Waals surface area contributed by atoms with Crippen molar-refractivity contribution in [2.45, 2.75) is 25.7 Å². The van der Waals surface area contributed by atoms with Crippen molar-refractivity contribution in [3.63, 3.8) is 0 Å². The summed E-state index contributed by atoms with van der Waals surface area (Å²) in [7, 11) is 2.15. The molecule has 0 aliphatic carbocycles. The van der Waals surface area contributed by atoms with Crippen molar-refractivity contribution in [1.29, 1.82) is 0 Å². The Hall–Kier alpha value is -1.10. The van der Waals surface area contributed by atoms with E-state index in [2.05, 4.69) is 22.6 Å². The Labute approximate surface area is 108 Å². The van der Waals surface area contributed by atoms with Crippen molar-refractivity contribution >= 4 is 11.8 Å². The van der Waals surface area contributed by atoms with Crippen molar-refractivity contribution in [2.24, 2.45) is 11.8 Å². The van der Waals surface area contributed by atoms with Crippen LogP contribution in [0.15, 0.2) is 0 Å². The van der Waals surface area contributed by atoms with Gasteiger partial charge in [0.25, 0.3) is 0 Å². The maximum atomic E-state index is 11.8. The molecule has 0 saturated carbocycles. The molecule has 102 valence electrons. The van der Waals surface area contributed by atoms with Crippen LogP contribution in [-0.4, -0.2) is 49.9 Å². The Morgan fingerprint density at radius 3 is 2.78 bits per heavy atom. The molecule has 2 N–H and O–H groups in total. The first-order chi connectivity index (χ1) is 8.65. The third-order valence-corrected chi connectivity index (χ3v) is 4.04. The third kappa shape index (κ3) is 3.70. The molecule has 1 atom stereocenters. The Morgan fingerprint density at radius 1 is 1.44 bits per heavy atom. The third-order valence-electron chi connectivity index (χ3n) is 4.04. The van der Waals surface area contributed by atoms with Crippen LogP contribution in [0.1, 0.15) is 25.7 Å². The molecule has 0 aromatic heterocycles. The van der Waals surface area contributed by atoms with Crippen LogP contribution in [0.5, 0.6) is 0 Å². The molecule has 0 aromatic carbocycles. The molecule has 0 bridgehead atoms. The smallest absolute Gasteiger partial charge is 0.225 e. The van der Waals surface area contributed by atoms with E-state index in [1.165, 1.54) is 25.9 Å². The van der Waals surface area contributed by atoms with Gasteiger partial charge in [0, 0.05) is 19.5 Å². The van der Waals surface area contributed by atoms with Gasteiger partial charge in [0.1, 0.15) is 0 Å². The van der Waals surface area contributed by atoms with Gasteiger partial charge in [0.15, 0.2) is 0 Å². The summed E-state index contributed by atoms with van der Waals surface area (Å²) >= 11 is 0. The van der Waals surface area contributed by atoms with Crippen LogP contribution in [0, 0.1) is 11.8 Å². The fourth-order valence-electron chi connectivity index (χ4n) is 2.69. The molecule has 2 aliphatic heterocycles. The number of nitrogens with one attached hydrogen (secondary N) is 2. The van der Waals surface area contributed by atoms with Gasteiger partial charge in [-0.2, -0.15) is 0 Å². The van der Waals surface area contributed by atoms with Gasteiger partial charge in [-0.3, -0.25) is 9.59 Å². The molecule has 2 saturated heterocycles. The molecular weight excluding hydrogens is 230 g/mol. The number of piperidine rings is 1. The highest BCUT2D eigenvalue weighted by atomic mass is 16.2. The van der Waals surface area contributed by atoms with E-state index in [1.54, 1.807) is 0 Å². The molecule has 1 unspecified atom stereocenters. The lowest BCUT2D eigenvalue weighted by molar-refractivity contribution is -0.126. The fourth-order valence-corrected chi connectivity index (χ4v) is 2.69. The molecule has 0 aromatic rings. The first-order valence-electron chi connectivity index (χ1n) is 6.88. The number of carbonyl (C=O) groups is 2. The second-order valence-corrected chi connectivity index (χ2v) is 5.53. The number of hydrogen-bond acceptors (Lipinski definition) is 3. The van der Waals surface area contributed by atoms with Crippen LogP contribution in [0.3, 0.4) is 0 Å². The Morgan fingerprint density at radius 2 is 2.17 bits per heavy atom. The van der Waals surface area contributed by atoms with E-state index < -0.39 is 0 Å². The Balaban J connectivity index is 1.60. The molecular formula is C13H23N3O2. The van der Waals surface area contributed by atoms with Crippen LogP contribution in [-0.2, 0) is 9.59 Å². The standard InChI is InChI=1S/C13H23N3O2/c1-16-6-3-10(4-7-16)2-5-14-13(18)11-8-12(17)15-9-11/h10-11H,2-9H2,1H3,(H,14,18)(H,15,17). The lowest BCUT2D eigenvalue weighted by Crippen LogP contribution is -2.35. The zero-order valence-electron chi connectivity index (χ0n) is 11.1. The van der Waals surface area contributed by atoms with Crippen LogP contribution < -0.4 is 10.6 Å². The van der Waals surface area contributed by atoms with Gasteiger partial charge in [0.05, 0.1) is 5.92 Å². The van der Waals surface area contributed by atoms with Crippen molar-refractivity contribution in [1.82, 2.24) is 15.5 Å². The van der Waals surface area contributed by atoms with Gasteiger partial charge < -0.3 is 15.5 Å². The van der Waals surface area contributed by atoms with Gasteiger partial charge in [-0.1, -0.05) is 0 Å². The molecule has 2 rings (SSSR count). The maximum absolute atomic E-state index is 11.8. The molecule has 5 nitrogen and oxygen atoms in total. The van der Waals surface area contributed by atoms with Crippen molar-refractivity contribution in [2.75, 3.05) is 33.2 Å². The molecule has 0 spiro atoms. The average molecular weight is 253 g/mol. The normalized spacial score (nSPS) is 26.1. The average Bonchev–Trinajstić information content (AvgIpc) is 2.78. The number of carbonyl (C=O) groups excluding carboxylic acids is 2. The minimum Gasteiger partial charge on any atom is -0.356 e. The first kappa shape index (κ1) is 13.3. The summed E-state index contributed by atoms with van der Waals surface area (Å²) in [4.78, 5) is 25.1. The molecule has 0 radical (unpaired) electrons. The van der Waals surface area contributed by atoms with Crippen molar-refractivity contribution < 1.29 is 9.59 Å². The highest BCUT2D eigenvalue weighted by Crippen LogP contribution is 2.18. The summed E-state index contributed by atoms with van der Waals surface area (Å²) in [5.41, 5.74) is 0. The second-order valence-electron chi connectivity index (χ2n) is 5.53. The van der Waals surface area contributed by atoms with E-state index in [-0.39, 0.29) is 17.7 Å². The van der Waals surface area contributed by atoms with Crippen molar-refractivity contribution in [3.8, 4) is 0 Å². The fraction of sp³-hybridized carbons (Fsp3) is 0.846. The second kappa shape index (κ2) is 6.18. The van der Waals surface area contributed by atoms with Gasteiger partial charge in [-0.15, -0.1) is 0 Å². The monoisotopic (exact) mass is 253 g/mol. The number of amides is 2. The predicted octanol–water partition coefficient (Wildman–Crippen LogP) is -0.0294. The molecule has 18 heavy (non-hydrogen) atoms. The van der Waals surface area contributed by atoms with E-state index in [4.69, 9.17) is 0 Å². The van der Waals surface area contributed by atoms with E-state index in [0.29, 0.717) is 13.0 Å². The van der Waals surface area contributed by atoms with E-state index in [0.717, 1.165) is 18.9 Å². The number of nitrogens with zero attached hydrogens (tertiary/aromatic N) is 1. The highest BCUT2D eigenvalue weighted by molar-refractivity contribution is 5.89. The zero-order valence-corrected chi connectivity index (χ0v) is 11.1. The molecule has 2 amide bonds. The van der Waals surface area contributed by atoms with Gasteiger partial charge in [0.2, 0.25) is 11.8 Å². The highest BCUT2D eigenvalue weighted by Gasteiger charge is 2.27. The van der Waals surface area contributed by atoms with E-state index in [1.807, 2.05) is 0 Å². The molecule has 2 heterocycles. The topological polar surface area (TPSA) is 61.4 Å². The van der Waals surface area contributed by atoms with Crippen LogP contribution in [0.2, 0.25) is 0 Å². The Bertz CT molecular complexity index is 311. The summed E-state index contributed by atoms with van der Waals surface area (Å²) in [5, 5.41) is 5.65. The van der Waals surface area contributed by atoms with Crippen LogP contribution in [0.25, 0.3) is 0 Å². The SMILES string of the molecule is CN1CCC(CCNC(=O)C2CNC(=O)C2)CC1. The van der Waals surface area contributed by atoms with E-state index >= 15 is 0 Å². The minimum absolute atomic E-state index is 0.00883. The van der Waals surface area contributed by atoms with Gasteiger partial charge in [-0.05, 0) is 45.3 Å². The lowest BCUT2D eigenvalue weighted by Gasteiger charge is -2.28. The summed E-state index contributed by atoms with van der Waals surface area (Å²) < 4.78 is 0. The van der Waals surface area contributed by atoms with Crippen LogP contribution in [0.4, 0.5) is 0 Å². The summed E-state index contributed by atoms with van der Waals surface area (Å²) in [6.07, 6.45) is 3.87. The number of likely N-dealkylation sites (tertiary alicyclic amines) is 1. The zero-order chi connectivity index (χ0) is 13.0. The van der Waals surface area contributed by atoms with E-state index in [9.17, 15) is 9.59 Å². The summed E-state index contributed by atoms with van der Waals surface area (Å²) in [5.74, 6) is 0.603. The number of rotatable bonds is 4. The largest absolute Gasteiger partial charge is 0.356 e. The van der Waals surface area contributed by atoms with Gasteiger partial charge >= 0.3 is 0 Å². The van der Waals surface area contributed by atoms with Gasteiger partial charge in [-0.25, -0.2) is 0 Å². The lowest BCUT2D eigenvalue weighted by atomic mass is 9.94. The molecule has 5 heteroatoms. The summed E-state index contributed by atoms with van der Waals surface area (Å²) in [6, 6.07) is 0. The number of hydrogen-bond donors (Lipinski definition) is 2. The molecule has 2 fully saturated rings.